The average molecular weight is 462 g/mol. The van der Waals surface area contributed by atoms with Crippen molar-refractivity contribution in [3.8, 4) is 0 Å². The van der Waals surface area contributed by atoms with Gasteiger partial charge >= 0.3 is 5.97 Å². The molecule has 1 N–H and O–H groups in total. The summed E-state index contributed by atoms with van der Waals surface area (Å²) < 4.78 is 6.72. The number of hydrogen-bond donors (Lipinski definition) is 1. The van der Waals surface area contributed by atoms with Crippen LogP contribution in [-0.4, -0.2) is 21.4 Å². The molecule has 2 heterocycles. The van der Waals surface area contributed by atoms with E-state index in [9.17, 15) is 14.4 Å². The van der Waals surface area contributed by atoms with Gasteiger partial charge in [0.15, 0.2) is 0 Å². The van der Waals surface area contributed by atoms with E-state index in [0.717, 1.165) is 22.5 Å². The van der Waals surface area contributed by atoms with Gasteiger partial charge in [-0.3, -0.25) is 14.2 Å². The number of para-hydroxylation sites is 1. The van der Waals surface area contributed by atoms with Gasteiger partial charge in [0.25, 0.3) is 5.56 Å². The zero-order valence-electron chi connectivity index (χ0n) is 18.5. The first-order valence-electron chi connectivity index (χ1n) is 10.4. The number of fused-ring (bicyclic) bond motifs is 1. The predicted octanol–water partition coefficient (Wildman–Crippen LogP) is 4.63. The quantitative estimate of drug-likeness (QED) is 0.423. The molecule has 0 bridgehead atoms. The number of carbonyl (C=O) groups excluding carboxylic acids is 2. The van der Waals surface area contributed by atoms with E-state index in [1.54, 1.807) is 19.9 Å². The maximum Gasteiger partial charge on any atom is 0.349 e. The Kier molecular flexibility index (Phi) is 6.37. The number of nitrogens with one attached hydrogen (secondary N) is 1. The molecular weight excluding hydrogens is 438 g/mol. The number of ether oxygens (including phenoxy) is 1. The molecule has 7 nitrogen and oxygen atoms in total. The zero-order valence-corrected chi connectivity index (χ0v) is 19.3. The topological polar surface area (TPSA) is 90.3 Å². The van der Waals surface area contributed by atoms with Crippen molar-refractivity contribution < 1.29 is 14.3 Å². The Hall–Kier alpha value is -3.78. The summed E-state index contributed by atoms with van der Waals surface area (Å²) in [7, 11) is 0. The fraction of sp³-hybridized carbons (Fsp3) is 0.200. The van der Waals surface area contributed by atoms with Gasteiger partial charge in [0.1, 0.15) is 22.4 Å². The number of rotatable bonds is 6. The Labute approximate surface area is 194 Å². The maximum absolute atomic E-state index is 13.2. The first kappa shape index (κ1) is 22.4. The molecule has 0 fully saturated rings. The Balaban J connectivity index is 1.59. The number of carbonyl (C=O) groups is 2. The summed E-state index contributed by atoms with van der Waals surface area (Å²) in [5, 5.41) is 3.18. The highest BCUT2D eigenvalue weighted by Crippen LogP contribution is 2.28. The van der Waals surface area contributed by atoms with Crippen LogP contribution in [0, 0.1) is 13.8 Å². The molecule has 0 saturated carbocycles. The van der Waals surface area contributed by atoms with Crippen molar-refractivity contribution in [3.63, 3.8) is 0 Å². The van der Waals surface area contributed by atoms with E-state index in [1.165, 1.54) is 10.9 Å². The summed E-state index contributed by atoms with van der Waals surface area (Å²) in [4.78, 5) is 43.8. The van der Waals surface area contributed by atoms with Gasteiger partial charge in [-0.1, -0.05) is 48.5 Å². The van der Waals surface area contributed by atoms with E-state index < -0.39 is 12.0 Å². The highest BCUT2D eigenvalue weighted by molar-refractivity contribution is 7.20. The van der Waals surface area contributed by atoms with Gasteiger partial charge in [0.2, 0.25) is 5.91 Å². The number of thiophene rings is 1. The van der Waals surface area contributed by atoms with Gasteiger partial charge in [0.05, 0.1) is 11.7 Å². The lowest BCUT2D eigenvalue weighted by Crippen LogP contribution is -2.32. The van der Waals surface area contributed by atoms with Crippen LogP contribution in [0.15, 0.2) is 65.7 Å². The van der Waals surface area contributed by atoms with Gasteiger partial charge < -0.3 is 10.1 Å². The van der Waals surface area contributed by atoms with E-state index >= 15 is 0 Å². The number of hydrogen-bond acceptors (Lipinski definition) is 6. The largest absolute Gasteiger partial charge is 0.457 e. The molecule has 8 heteroatoms. The lowest BCUT2D eigenvalue weighted by Gasteiger charge is -2.16. The molecule has 4 rings (SSSR count). The third-order valence-electron chi connectivity index (χ3n) is 5.47. The van der Waals surface area contributed by atoms with Crippen molar-refractivity contribution in [1.82, 2.24) is 9.55 Å². The predicted molar refractivity (Wildman–Crippen MR) is 129 cm³/mol. The molecule has 0 spiro atoms. The second kappa shape index (κ2) is 9.38. The van der Waals surface area contributed by atoms with Crippen molar-refractivity contribution in [2.45, 2.75) is 33.4 Å². The molecule has 0 saturated heterocycles. The van der Waals surface area contributed by atoms with E-state index in [-0.39, 0.29) is 18.1 Å². The Morgan fingerprint density at radius 1 is 1.09 bits per heavy atom. The number of aryl methyl sites for hydroxylation is 2. The van der Waals surface area contributed by atoms with Crippen LogP contribution in [0.2, 0.25) is 0 Å². The van der Waals surface area contributed by atoms with Crippen LogP contribution in [0.4, 0.5) is 5.69 Å². The number of nitrogens with zero attached hydrogens (tertiary/aromatic N) is 2. The van der Waals surface area contributed by atoms with Gasteiger partial charge in [0, 0.05) is 5.69 Å². The number of benzene rings is 2. The number of aromatic nitrogens is 2. The molecule has 0 aliphatic carbocycles. The first-order valence-corrected chi connectivity index (χ1v) is 11.3. The monoisotopic (exact) mass is 461 g/mol. The van der Waals surface area contributed by atoms with Gasteiger partial charge in [-0.05, 0) is 43.5 Å². The second-order valence-corrected chi connectivity index (χ2v) is 8.73. The Bertz CT molecular complexity index is 1390. The van der Waals surface area contributed by atoms with Gasteiger partial charge in [-0.25, -0.2) is 9.78 Å². The van der Waals surface area contributed by atoms with Crippen LogP contribution in [-0.2, 0) is 16.1 Å². The third-order valence-corrected chi connectivity index (χ3v) is 6.65. The summed E-state index contributed by atoms with van der Waals surface area (Å²) in [5.41, 5.74) is 2.62. The minimum Gasteiger partial charge on any atom is -0.457 e. The molecule has 1 amide bonds. The lowest BCUT2D eigenvalue weighted by atomic mass is 10.2. The molecule has 2 aromatic heterocycles. The Morgan fingerprint density at radius 3 is 2.52 bits per heavy atom. The minimum absolute atomic E-state index is 0.140. The number of esters is 1. The third kappa shape index (κ3) is 4.56. The van der Waals surface area contributed by atoms with Crippen molar-refractivity contribution in [1.29, 1.82) is 0 Å². The van der Waals surface area contributed by atoms with Gasteiger partial charge in [-0.2, -0.15) is 0 Å². The molecule has 2 aromatic carbocycles. The SMILES string of the molecule is Cc1ccccc1NC(=O)C(C)n1cnc2sc(C(=O)OCc3ccccc3)c(C)c2c1=O. The van der Waals surface area contributed by atoms with Crippen molar-refractivity contribution in [3.05, 3.63) is 92.8 Å². The van der Waals surface area contributed by atoms with Crippen LogP contribution in [0.25, 0.3) is 10.2 Å². The molecular formula is C25H23N3O4S. The summed E-state index contributed by atoms with van der Waals surface area (Å²) in [5.74, 6) is -0.835. The minimum atomic E-state index is -0.790. The molecule has 0 aliphatic rings. The second-order valence-electron chi connectivity index (χ2n) is 7.74. The smallest absolute Gasteiger partial charge is 0.349 e. The maximum atomic E-state index is 13.2. The lowest BCUT2D eigenvalue weighted by molar-refractivity contribution is -0.118. The van der Waals surface area contributed by atoms with Crippen LogP contribution in [0.1, 0.15) is 39.3 Å². The molecule has 33 heavy (non-hydrogen) atoms. The van der Waals surface area contributed by atoms with Crippen LogP contribution < -0.4 is 10.9 Å². The van der Waals surface area contributed by atoms with E-state index in [0.29, 0.717) is 26.3 Å². The summed E-state index contributed by atoms with van der Waals surface area (Å²) in [6.45, 7) is 5.37. The molecule has 1 unspecified atom stereocenters. The van der Waals surface area contributed by atoms with E-state index in [4.69, 9.17) is 4.74 Å². The molecule has 168 valence electrons. The number of amides is 1. The molecule has 1 atom stereocenters. The van der Waals surface area contributed by atoms with Crippen molar-refractivity contribution >= 4 is 39.1 Å². The summed E-state index contributed by atoms with van der Waals surface area (Å²) in [6.07, 6.45) is 1.35. The van der Waals surface area contributed by atoms with Crippen LogP contribution >= 0.6 is 11.3 Å². The summed E-state index contributed by atoms with van der Waals surface area (Å²) >= 11 is 1.12. The molecule has 4 aromatic rings. The average Bonchev–Trinajstić information content (AvgIpc) is 3.16. The van der Waals surface area contributed by atoms with Crippen LogP contribution in [0.3, 0.4) is 0 Å². The zero-order chi connectivity index (χ0) is 23.5. The van der Waals surface area contributed by atoms with Crippen molar-refractivity contribution in [2.75, 3.05) is 5.32 Å². The van der Waals surface area contributed by atoms with E-state index in [2.05, 4.69) is 10.3 Å². The highest BCUT2D eigenvalue weighted by Gasteiger charge is 2.24. The number of anilines is 1. The van der Waals surface area contributed by atoms with E-state index in [1.807, 2.05) is 55.5 Å². The Morgan fingerprint density at radius 2 is 1.79 bits per heavy atom. The fourth-order valence-corrected chi connectivity index (χ4v) is 4.51. The standard InChI is InChI=1S/C25H23N3O4S/c1-15-9-7-8-12-19(15)27-22(29)17(3)28-14-26-23-20(24(28)30)16(2)21(33-23)25(31)32-13-18-10-5-4-6-11-18/h4-12,14,17H,13H2,1-3H3,(H,27,29). The highest BCUT2D eigenvalue weighted by atomic mass is 32.1. The molecule has 0 aliphatic heterocycles. The first-order chi connectivity index (χ1) is 15.9. The summed E-state index contributed by atoms with van der Waals surface area (Å²) in [6, 6.07) is 16.0. The van der Waals surface area contributed by atoms with Crippen molar-refractivity contribution in [2.24, 2.45) is 0 Å². The normalized spacial score (nSPS) is 11.8. The van der Waals surface area contributed by atoms with Gasteiger partial charge in [-0.15, -0.1) is 11.3 Å². The molecule has 0 radical (unpaired) electrons. The van der Waals surface area contributed by atoms with Crippen LogP contribution in [0.5, 0.6) is 0 Å². The fourth-order valence-electron chi connectivity index (χ4n) is 3.47.